The molecule has 1 aromatic heterocycles. The number of aliphatic hydroxyl groups excluding tert-OH is 1. The molecular weight excluding hydrogens is 256 g/mol. The summed E-state index contributed by atoms with van der Waals surface area (Å²) in [7, 11) is 3.19. The van der Waals surface area contributed by atoms with Crippen LogP contribution >= 0.6 is 0 Å². The van der Waals surface area contributed by atoms with Gasteiger partial charge in [0.2, 0.25) is 0 Å². The Balaban J connectivity index is 2.12. The lowest BCUT2D eigenvalue weighted by atomic mass is 10.1. The van der Waals surface area contributed by atoms with Gasteiger partial charge >= 0.3 is 0 Å². The van der Waals surface area contributed by atoms with Crippen LogP contribution in [0.4, 0.5) is 0 Å². The van der Waals surface area contributed by atoms with Crippen LogP contribution in [-0.2, 0) is 12.8 Å². The van der Waals surface area contributed by atoms with E-state index in [4.69, 9.17) is 13.9 Å². The van der Waals surface area contributed by atoms with Crippen LogP contribution in [-0.4, -0.2) is 19.3 Å². The summed E-state index contributed by atoms with van der Waals surface area (Å²) < 4.78 is 16.0. The SMILES string of the molecule is CCc1ccc(C(O)Cc2ccc(OC)c(OC)c2)o1. The van der Waals surface area contributed by atoms with Crippen molar-refractivity contribution in [1.82, 2.24) is 0 Å². The number of benzene rings is 1. The summed E-state index contributed by atoms with van der Waals surface area (Å²) in [6.45, 7) is 2.02. The highest BCUT2D eigenvalue weighted by Gasteiger charge is 2.14. The first-order valence-corrected chi connectivity index (χ1v) is 6.65. The highest BCUT2D eigenvalue weighted by molar-refractivity contribution is 5.43. The summed E-state index contributed by atoms with van der Waals surface area (Å²) in [6, 6.07) is 9.33. The molecule has 0 spiro atoms. The molecular formula is C16H20O4. The van der Waals surface area contributed by atoms with Crippen molar-refractivity contribution in [3.05, 3.63) is 47.4 Å². The van der Waals surface area contributed by atoms with Gasteiger partial charge in [0.1, 0.15) is 17.6 Å². The Kier molecular flexibility index (Phi) is 4.69. The van der Waals surface area contributed by atoms with E-state index >= 15 is 0 Å². The first-order chi connectivity index (χ1) is 9.67. The molecule has 4 nitrogen and oxygen atoms in total. The van der Waals surface area contributed by atoms with E-state index in [2.05, 4.69) is 0 Å². The summed E-state index contributed by atoms with van der Waals surface area (Å²) in [4.78, 5) is 0. The van der Waals surface area contributed by atoms with E-state index in [1.54, 1.807) is 14.2 Å². The maximum Gasteiger partial charge on any atom is 0.160 e. The third kappa shape index (κ3) is 3.14. The zero-order valence-corrected chi connectivity index (χ0v) is 12.1. The first kappa shape index (κ1) is 14.5. The predicted molar refractivity (Wildman–Crippen MR) is 76.3 cm³/mol. The van der Waals surface area contributed by atoms with Crippen molar-refractivity contribution in [2.24, 2.45) is 0 Å². The zero-order chi connectivity index (χ0) is 14.5. The minimum Gasteiger partial charge on any atom is -0.493 e. The smallest absolute Gasteiger partial charge is 0.160 e. The molecule has 0 aliphatic rings. The Bertz CT molecular complexity index is 559. The highest BCUT2D eigenvalue weighted by Crippen LogP contribution is 2.29. The maximum atomic E-state index is 10.2. The van der Waals surface area contributed by atoms with Gasteiger partial charge < -0.3 is 19.0 Å². The van der Waals surface area contributed by atoms with E-state index in [1.807, 2.05) is 37.3 Å². The number of hydrogen-bond acceptors (Lipinski definition) is 4. The Hall–Kier alpha value is -1.94. The Morgan fingerprint density at radius 2 is 1.85 bits per heavy atom. The third-order valence-electron chi connectivity index (χ3n) is 3.24. The van der Waals surface area contributed by atoms with Gasteiger partial charge in [-0.3, -0.25) is 0 Å². The van der Waals surface area contributed by atoms with E-state index in [-0.39, 0.29) is 0 Å². The molecule has 2 rings (SSSR count). The average Bonchev–Trinajstić information content (AvgIpc) is 2.96. The molecule has 1 aromatic carbocycles. The lowest BCUT2D eigenvalue weighted by Gasteiger charge is -2.11. The van der Waals surface area contributed by atoms with Gasteiger partial charge in [0.15, 0.2) is 11.5 Å². The summed E-state index contributed by atoms with van der Waals surface area (Å²) in [5.41, 5.74) is 0.963. The molecule has 4 heteroatoms. The van der Waals surface area contributed by atoms with E-state index in [0.717, 1.165) is 17.7 Å². The van der Waals surface area contributed by atoms with Crippen molar-refractivity contribution < 1.29 is 19.0 Å². The first-order valence-electron chi connectivity index (χ1n) is 6.65. The number of methoxy groups -OCH3 is 2. The van der Waals surface area contributed by atoms with Gasteiger partial charge in [0.05, 0.1) is 14.2 Å². The van der Waals surface area contributed by atoms with E-state index in [0.29, 0.717) is 23.7 Å². The van der Waals surface area contributed by atoms with Gasteiger partial charge in [0, 0.05) is 12.8 Å². The molecule has 0 aliphatic heterocycles. The number of furan rings is 1. The van der Waals surface area contributed by atoms with Crippen molar-refractivity contribution in [3.63, 3.8) is 0 Å². The molecule has 0 saturated carbocycles. The summed E-state index contributed by atoms with van der Waals surface area (Å²) in [5, 5.41) is 10.2. The van der Waals surface area contributed by atoms with Crippen molar-refractivity contribution >= 4 is 0 Å². The van der Waals surface area contributed by atoms with Crippen molar-refractivity contribution in [1.29, 1.82) is 0 Å². The molecule has 0 radical (unpaired) electrons. The maximum absolute atomic E-state index is 10.2. The fourth-order valence-electron chi connectivity index (χ4n) is 2.10. The molecule has 0 amide bonds. The second-order valence-electron chi connectivity index (χ2n) is 4.57. The van der Waals surface area contributed by atoms with Crippen molar-refractivity contribution in [2.45, 2.75) is 25.9 Å². The van der Waals surface area contributed by atoms with Crippen LogP contribution in [0.5, 0.6) is 11.5 Å². The van der Waals surface area contributed by atoms with Gasteiger partial charge in [0.25, 0.3) is 0 Å². The number of aryl methyl sites for hydroxylation is 1. The number of rotatable bonds is 6. The fraction of sp³-hybridized carbons (Fsp3) is 0.375. The quantitative estimate of drug-likeness (QED) is 0.880. The van der Waals surface area contributed by atoms with Crippen LogP contribution in [0.2, 0.25) is 0 Å². The van der Waals surface area contributed by atoms with Crippen LogP contribution in [0.15, 0.2) is 34.7 Å². The van der Waals surface area contributed by atoms with E-state index < -0.39 is 6.10 Å². The predicted octanol–water partition coefficient (Wildman–Crippen LogP) is 3.14. The number of aliphatic hydroxyl groups is 1. The summed E-state index contributed by atoms with van der Waals surface area (Å²) in [6.07, 6.45) is 0.633. The molecule has 108 valence electrons. The molecule has 0 saturated heterocycles. The largest absolute Gasteiger partial charge is 0.493 e. The molecule has 0 bridgehead atoms. The van der Waals surface area contributed by atoms with E-state index in [9.17, 15) is 5.11 Å². The standard InChI is InChI=1S/C16H20O4/c1-4-12-6-8-14(20-12)13(17)9-11-5-7-15(18-2)16(10-11)19-3/h5-8,10,13,17H,4,9H2,1-3H3. The van der Waals surface area contributed by atoms with Crippen molar-refractivity contribution in [2.75, 3.05) is 14.2 Å². The normalized spacial score (nSPS) is 12.2. The Morgan fingerprint density at radius 1 is 1.10 bits per heavy atom. The molecule has 1 unspecified atom stereocenters. The van der Waals surface area contributed by atoms with Crippen LogP contribution < -0.4 is 9.47 Å². The minimum atomic E-state index is -0.659. The van der Waals surface area contributed by atoms with Crippen molar-refractivity contribution in [3.8, 4) is 11.5 Å². The van der Waals surface area contributed by atoms with Crippen LogP contribution in [0, 0.1) is 0 Å². The molecule has 1 atom stereocenters. The molecule has 0 fully saturated rings. The number of ether oxygens (including phenoxy) is 2. The molecule has 1 heterocycles. The number of hydrogen-bond donors (Lipinski definition) is 1. The lowest BCUT2D eigenvalue weighted by Crippen LogP contribution is -2.01. The Labute approximate surface area is 118 Å². The highest BCUT2D eigenvalue weighted by atomic mass is 16.5. The van der Waals surface area contributed by atoms with Crippen LogP contribution in [0.3, 0.4) is 0 Å². The van der Waals surface area contributed by atoms with Gasteiger partial charge in [-0.15, -0.1) is 0 Å². The second-order valence-corrected chi connectivity index (χ2v) is 4.57. The molecule has 0 aliphatic carbocycles. The van der Waals surface area contributed by atoms with Gasteiger partial charge in [-0.1, -0.05) is 13.0 Å². The van der Waals surface area contributed by atoms with E-state index in [1.165, 1.54) is 0 Å². The minimum absolute atomic E-state index is 0.469. The summed E-state index contributed by atoms with van der Waals surface area (Å²) >= 11 is 0. The average molecular weight is 276 g/mol. The fourth-order valence-corrected chi connectivity index (χ4v) is 2.10. The van der Waals surface area contributed by atoms with Gasteiger partial charge in [-0.25, -0.2) is 0 Å². The van der Waals surface area contributed by atoms with Crippen LogP contribution in [0.25, 0.3) is 0 Å². The molecule has 20 heavy (non-hydrogen) atoms. The molecule has 1 N–H and O–H groups in total. The van der Waals surface area contributed by atoms with Gasteiger partial charge in [-0.2, -0.15) is 0 Å². The molecule has 2 aromatic rings. The Morgan fingerprint density at radius 3 is 2.45 bits per heavy atom. The zero-order valence-electron chi connectivity index (χ0n) is 12.1. The lowest BCUT2D eigenvalue weighted by molar-refractivity contribution is 0.148. The summed E-state index contributed by atoms with van der Waals surface area (Å²) in [5.74, 6) is 2.81. The topological polar surface area (TPSA) is 51.8 Å². The van der Waals surface area contributed by atoms with Gasteiger partial charge in [-0.05, 0) is 29.8 Å². The van der Waals surface area contributed by atoms with Crippen LogP contribution in [0.1, 0.15) is 30.1 Å². The monoisotopic (exact) mass is 276 g/mol. The second kappa shape index (κ2) is 6.48. The third-order valence-corrected chi connectivity index (χ3v) is 3.24.